The molecule has 0 fully saturated rings. The monoisotopic (exact) mass is 326 g/mol. The number of nitrogens with one attached hydrogen (secondary N) is 1. The molecule has 24 heavy (non-hydrogen) atoms. The lowest BCUT2D eigenvalue weighted by atomic mass is 10.1. The summed E-state index contributed by atoms with van der Waals surface area (Å²) in [5, 5.41) is 2.98. The summed E-state index contributed by atoms with van der Waals surface area (Å²) in [6, 6.07) is 18.2. The molecule has 2 aromatic rings. The standard InChI is InChI=1S/C20H26N2O2/c1-16-8-7-11-18(12-16)14-21-20(23)22(2)19(15-24-3)13-17-9-5-4-6-10-17/h4-12,19H,13-15H2,1-3H3,(H,21,23)/t19-/m1/s1. The molecule has 0 aromatic heterocycles. The minimum atomic E-state index is -0.0884. The van der Waals surface area contributed by atoms with Gasteiger partial charge in [-0.25, -0.2) is 4.79 Å². The number of hydrogen-bond acceptors (Lipinski definition) is 2. The molecular weight excluding hydrogens is 300 g/mol. The highest BCUT2D eigenvalue weighted by Crippen LogP contribution is 2.09. The summed E-state index contributed by atoms with van der Waals surface area (Å²) < 4.78 is 5.30. The van der Waals surface area contributed by atoms with E-state index < -0.39 is 0 Å². The van der Waals surface area contributed by atoms with E-state index in [1.165, 1.54) is 11.1 Å². The summed E-state index contributed by atoms with van der Waals surface area (Å²) in [7, 11) is 3.48. The first-order valence-electron chi connectivity index (χ1n) is 8.19. The molecule has 1 N–H and O–H groups in total. The Morgan fingerprint density at radius 2 is 1.83 bits per heavy atom. The van der Waals surface area contributed by atoms with Gasteiger partial charge in [0, 0.05) is 20.7 Å². The zero-order valence-electron chi connectivity index (χ0n) is 14.7. The second-order valence-corrected chi connectivity index (χ2v) is 6.06. The normalized spacial score (nSPS) is 11.8. The summed E-state index contributed by atoms with van der Waals surface area (Å²) in [4.78, 5) is 14.2. The van der Waals surface area contributed by atoms with Crippen LogP contribution in [0.5, 0.6) is 0 Å². The maximum Gasteiger partial charge on any atom is 0.317 e. The first-order chi connectivity index (χ1) is 11.6. The van der Waals surface area contributed by atoms with Gasteiger partial charge < -0.3 is 15.0 Å². The molecule has 128 valence electrons. The second kappa shape index (κ2) is 9.08. The first-order valence-corrected chi connectivity index (χ1v) is 8.19. The van der Waals surface area contributed by atoms with Crippen molar-refractivity contribution in [2.75, 3.05) is 20.8 Å². The molecule has 0 bridgehead atoms. The van der Waals surface area contributed by atoms with Crippen molar-refractivity contribution in [3.63, 3.8) is 0 Å². The van der Waals surface area contributed by atoms with Gasteiger partial charge in [-0.05, 0) is 24.5 Å². The molecule has 0 heterocycles. The molecule has 2 rings (SSSR count). The lowest BCUT2D eigenvalue weighted by Gasteiger charge is -2.28. The molecule has 0 unspecified atom stereocenters. The van der Waals surface area contributed by atoms with Crippen LogP contribution in [0.25, 0.3) is 0 Å². The van der Waals surface area contributed by atoms with Crippen LogP contribution in [0.4, 0.5) is 4.79 Å². The number of urea groups is 1. The van der Waals surface area contributed by atoms with E-state index in [4.69, 9.17) is 4.74 Å². The predicted molar refractivity (Wildman–Crippen MR) is 97.0 cm³/mol. The van der Waals surface area contributed by atoms with Crippen LogP contribution in [0.3, 0.4) is 0 Å². The van der Waals surface area contributed by atoms with Crippen LogP contribution in [0.15, 0.2) is 54.6 Å². The molecule has 0 saturated heterocycles. The molecule has 1 atom stereocenters. The van der Waals surface area contributed by atoms with E-state index in [-0.39, 0.29) is 12.1 Å². The predicted octanol–water partition coefficient (Wildman–Crippen LogP) is 3.39. The number of aryl methyl sites for hydroxylation is 1. The van der Waals surface area contributed by atoms with E-state index >= 15 is 0 Å². The fourth-order valence-electron chi connectivity index (χ4n) is 2.68. The average molecular weight is 326 g/mol. The van der Waals surface area contributed by atoms with Crippen molar-refractivity contribution in [3.05, 3.63) is 71.3 Å². The van der Waals surface area contributed by atoms with Gasteiger partial charge in [-0.15, -0.1) is 0 Å². The van der Waals surface area contributed by atoms with Gasteiger partial charge in [-0.2, -0.15) is 0 Å². The van der Waals surface area contributed by atoms with E-state index in [0.29, 0.717) is 13.2 Å². The zero-order valence-corrected chi connectivity index (χ0v) is 14.7. The van der Waals surface area contributed by atoms with Crippen LogP contribution < -0.4 is 5.32 Å². The number of benzene rings is 2. The molecule has 0 spiro atoms. The van der Waals surface area contributed by atoms with Gasteiger partial charge in [0.2, 0.25) is 0 Å². The number of ether oxygens (including phenoxy) is 1. The fourth-order valence-corrected chi connectivity index (χ4v) is 2.68. The summed E-state index contributed by atoms with van der Waals surface area (Å²) >= 11 is 0. The highest BCUT2D eigenvalue weighted by Gasteiger charge is 2.20. The van der Waals surface area contributed by atoms with E-state index in [2.05, 4.69) is 23.5 Å². The van der Waals surface area contributed by atoms with Crippen molar-refractivity contribution >= 4 is 6.03 Å². The Hall–Kier alpha value is -2.33. The molecule has 4 heteroatoms. The van der Waals surface area contributed by atoms with Crippen LogP contribution in [0.1, 0.15) is 16.7 Å². The van der Waals surface area contributed by atoms with Gasteiger partial charge in [0.05, 0.1) is 12.6 Å². The van der Waals surface area contributed by atoms with Gasteiger partial charge in [0.1, 0.15) is 0 Å². The molecule has 0 aliphatic heterocycles. The van der Waals surface area contributed by atoms with Crippen LogP contribution in [0, 0.1) is 6.92 Å². The molecular formula is C20H26N2O2. The number of methoxy groups -OCH3 is 1. The number of carbonyl (C=O) groups excluding carboxylic acids is 1. The van der Waals surface area contributed by atoms with Crippen molar-refractivity contribution in [1.29, 1.82) is 0 Å². The Morgan fingerprint density at radius 1 is 1.12 bits per heavy atom. The Morgan fingerprint density at radius 3 is 2.50 bits per heavy atom. The molecule has 0 aliphatic carbocycles. The fraction of sp³-hybridized carbons (Fsp3) is 0.350. The number of hydrogen-bond donors (Lipinski definition) is 1. The number of likely N-dealkylation sites (N-methyl/N-ethyl adjacent to an activating group) is 1. The van der Waals surface area contributed by atoms with Crippen molar-refractivity contribution in [2.24, 2.45) is 0 Å². The third-order valence-electron chi connectivity index (χ3n) is 4.07. The molecule has 0 radical (unpaired) electrons. The lowest BCUT2D eigenvalue weighted by Crippen LogP contribution is -2.46. The average Bonchev–Trinajstić information content (AvgIpc) is 2.59. The number of amides is 2. The van der Waals surface area contributed by atoms with E-state index in [1.54, 1.807) is 12.0 Å². The van der Waals surface area contributed by atoms with Crippen LogP contribution in [-0.2, 0) is 17.7 Å². The van der Waals surface area contributed by atoms with E-state index in [0.717, 1.165) is 12.0 Å². The maximum atomic E-state index is 12.5. The SMILES string of the molecule is COC[C@@H](Cc1ccccc1)N(C)C(=O)NCc1cccc(C)c1. The van der Waals surface area contributed by atoms with Crippen molar-refractivity contribution in [1.82, 2.24) is 10.2 Å². The Balaban J connectivity index is 1.95. The molecule has 0 aliphatic rings. The summed E-state index contributed by atoms with van der Waals surface area (Å²) in [5.74, 6) is 0. The maximum absolute atomic E-state index is 12.5. The number of nitrogens with zero attached hydrogens (tertiary/aromatic N) is 1. The summed E-state index contributed by atoms with van der Waals surface area (Å²) in [6.07, 6.45) is 0.767. The van der Waals surface area contributed by atoms with Crippen LogP contribution in [-0.4, -0.2) is 37.7 Å². The van der Waals surface area contributed by atoms with Gasteiger partial charge in [-0.3, -0.25) is 0 Å². The minimum Gasteiger partial charge on any atom is -0.383 e. The number of carbonyl (C=O) groups is 1. The lowest BCUT2D eigenvalue weighted by molar-refractivity contribution is 0.115. The smallest absolute Gasteiger partial charge is 0.317 e. The number of rotatable bonds is 7. The van der Waals surface area contributed by atoms with Gasteiger partial charge in [-0.1, -0.05) is 60.2 Å². The first kappa shape index (κ1) is 18.0. The topological polar surface area (TPSA) is 41.6 Å². The van der Waals surface area contributed by atoms with Crippen LogP contribution in [0.2, 0.25) is 0 Å². The quantitative estimate of drug-likeness (QED) is 0.847. The zero-order chi connectivity index (χ0) is 17.4. The highest BCUT2D eigenvalue weighted by molar-refractivity contribution is 5.74. The van der Waals surface area contributed by atoms with Gasteiger partial charge in [0.25, 0.3) is 0 Å². The Labute approximate surface area is 144 Å². The molecule has 4 nitrogen and oxygen atoms in total. The summed E-state index contributed by atoms with van der Waals surface area (Å²) in [5.41, 5.74) is 3.48. The van der Waals surface area contributed by atoms with Crippen molar-refractivity contribution in [2.45, 2.75) is 25.9 Å². The van der Waals surface area contributed by atoms with Crippen molar-refractivity contribution < 1.29 is 9.53 Å². The van der Waals surface area contributed by atoms with Gasteiger partial charge >= 0.3 is 6.03 Å². The highest BCUT2D eigenvalue weighted by atomic mass is 16.5. The van der Waals surface area contributed by atoms with E-state index in [1.807, 2.05) is 50.4 Å². The van der Waals surface area contributed by atoms with Crippen molar-refractivity contribution in [3.8, 4) is 0 Å². The second-order valence-electron chi connectivity index (χ2n) is 6.06. The third-order valence-corrected chi connectivity index (χ3v) is 4.07. The largest absolute Gasteiger partial charge is 0.383 e. The Bertz CT molecular complexity index is 643. The third kappa shape index (κ3) is 5.39. The molecule has 2 aromatic carbocycles. The summed E-state index contributed by atoms with van der Waals surface area (Å²) in [6.45, 7) is 3.07. The molecule has 2 amide bonds. The van der Waals surface area contributed by atoms with Crippen LogP contribution >= 0.6 is 0 Å². The van der Waals surface area contributed by atoms with E-state index in [9.17, 15) is 4.79 Å². The molecule has 0 saturated carbocycles. The minimum absolute atomic E-state index is 0.00471. The van der Waals surface area contributed by atoms with Gasteiger partial charge in [0.15, 0.2) is 0 Å². The Kier molecular flexibility index (Phi) is 6.82.